The number of piperazine rings is 1. The quantitative estimate of drug-likeness (QED) is 0.886. The van der Waals surface area contributed by atoms with Gasteiger partial charge in [0.1, 0.15) is 11.9 Å². The van der Waals surface area contributed by atoms with Gasteiger partial charge in [-0.15, -0.1) is 12.4 Å². The van der Waals surface area contributed by atoms with Crippen molar-refractivity contribution in [1.82, 2.24) is 19.8 Å². The van der Waals surface area contributed by atoms with Crippen molar-refractivity contribution in [2.24, 2.45) is 13.0 Å². The van der Waals surface area contributed by atoms with Crippen molar-refractivity contribution in [1.29, 1.82) is 0 Å². The molecule has 2 fully saturated rings. The predicted molar refractivity (Wildman–Crippen MR) is 95.0 cm³/mol. The van der Waals surface area contributed by atoms with E-state index in [1.165, 1.54) is 6.07 Å². The highest BCUT2D eigenvalue weighted by molar-refractivity contribution is 5.85. The average molecular weight is 383 g/mol. The first-order valence-corrected chi connectivity index (χ1v) is 8.50. The third kappa shape index (κ3) is 3.21. The molecule has 1 N–H and O–H groups in total. The zero-order chi connectivity index (χ0) is 17.6. The summed E-state index contributed by atoms with van der Waals surface area (Å²) < 4.78 is 29.4. The van der Waals surface area contributed by atoms with Crippen molar-refractivity contribution >= 4 is 18.3 Å². The number of carbonyl (C=O) groups is 1. The Morgan fingerprint density at radius 1 is 1.35 bits per heavy atom. The summed E-state index contributed by atoms with van der Waals surface area (Å²) in [4.78, 5) is 19.2. The largest absolute Gasteiger partial charge is 0.336 e. The van der Waals surface area contributed by atoms with E-state index in [0.29, 0.717) is 25.1 Å². The van der Waals surface area contributed by atoms with Crippen molar-refractivity contribution in [3.05, 3.63) is 53.6 Å². The highest BCUT2D eigenvalue weighted by atomic mass is 35.5. The van der Waals surface area contributed by atoms with Crippen LogP contribution in [0.5, 0.6) is 0 Å². The van der Waals surface area contributed by atoms with Gasteiger partial charge in [-0.3, -0.25) is 4.79 Å². The van der Waals surface area contributed by atoms with Crippen LogP contribution in [0.15, 0.2) is 30.6 Å². The van der Waals surface area contributed by atoms with Gasteiger partial charge in [0.05, 0.1) is 0 Å². The minimum Gasteiger partial charge on any atom is -0.336 e. The second kappa shape index (κ2) is 7.32. The number of carbonyl (C=O) groups excluding carboxylic acids is 1. The Hall–Kier alpha value is -1.99. The van der Waals surface area contributed by atoms with Gasteiger partial charge in [0.15, 0.2) is 11.6 Å². The molecule has 1 saturated carbocycles. The van der Waals surface area contributed by atoms with Crippen LogP contribution in [0, 0.1) is 17.6 Å². The molecule has 1 saturated heterocycles. The van der Waals surface area contributed by atoms with Gasteiger partial charge in [-0.2, -0.15) is 0 Å². The molecular weight excluding hydrogens is 362 g/mol. The van der Waals surface area contributed by atoms with Crippen LogP contribution >= 0.6 is 12.4 Å². The van der Waals surface area contributed by atoms with Crippen molar-refractivity contribution in [3.8, 4) is 0 Å². The first-order chi connectivity index (χ1) is 12.1. The van der Waals surface area contributed by atoms with E-state index in [-0.39, 0.29) is 36.2 Å². The lowest BCUT2D eigenvalue weighted by atomic mass is 10.1. The SMILES string of the molecule is Cl.Cn1ccnc1C1CNCCN1C(=O)C1CC1c1cccc(F)c1F. The lowest BCUT2D eigenvalue weighted by molar-refractivity contribution is -0.136. The molecule has 2 heterocycles. The maximum absolute atomic E-state index is 14.0. The van der Waals surface area contributed by atoms with E-state index in [4.69, 9.17) is 0 Å². The topological polar surface area (TPSA) is 50.2 Å². The summed E-state index contributed by atoms with van der Waals surface area (Å²) in [6, 6.07) is 4.03. The van der Waals surface area contributed by atoms with E-state index in [9.17, 15) is 13.6 Å². The number of hydrogen-bond acceptors (Lipinski definition) is 3. The number of benzene rings is 1. The average Bonchev–Trinajstić information content (AvgIpc) is 3.30. The maximum Gasteiger partial charge on any atom is 0.227 e. The van der Waals surface area contributed by atoms with Gasteiger partial charge in [-0.1, -0.05) is 12.1 Å². The number of rotatable bonds is 3. The number of halogens is 3. The molecule has 1 aliphatic carbocycles. The molecule has 5 nitrogen and oxygen atoms in total. The zero-order valence-corrected chi connectivity index (χ0v) is 15.2. The summed E-state index contributed by atoms with van der Waals surface area (Å²) in [5.41, 5.74) is 0.307. The number of hydrogen-bond donors (Lipinski definition) is 1. The summed E-state index contributed by atoms with van der Waals surface area (Å²) in [5, 5.41) is 3.30. The Balaban J connectivity index is 0.00000196. The minimum absolute atomic E-state index is 0. The molecular formula is C18H21ClF2N4O. The van der Waals surface area contributed by atoms with E-state index in [1.54, 1.807) is 12.3 Å². The highest BCUT2D eigenvalue weighted by Crippen LogP contribution is 2.50. The monoisotopic (exact) mass is 382 g/mol. The first kappa shape index (κ1) is 18.8. The molecule has 4 rings (SSSR count). The molecule has 1 amide bonds. The van der Waals surface area contributed by atoms with Crippen LogP contribution in [-0.2, 0) is 11.8 Å². The normalized spacial score (nSPS) is 24.9. The van der Waals surface area contributed by atoms with Crippen molar-refractivity contribution < 1.29 is 13.6 Å². The summed E-state index contributed by atoms with van der Waals surface area (Å²) in [7, 11) is 1.90. The molecule has 8 heteroatoms. The van der Waals surface area contributed by atoms with Gasteiger partial charge in [0.2, 0.25) is 5.91 Å². The number of aromatic nitrogens is 2. The number of amides is 1. The maximum atomic E-state index is 14.0. The van der Waals surface area contributed by atoms with Crippen LogP contribution in [-0.4, -0.2) is 40.0 Å². The first-order valence-electron chi connectivity index (χ1n) is 8.50. The number of imidazole rings is 1. The van der Waals surface area contributed by atoms with Gasteiger partial charge in [0.25, 0.3) is 0 Å². The molecule has 0 bridgehead atoms. The van der Waals surface area contributed by atoms with Gasteiger partial charge in [-0.05, 0) is 24.0 Å². The van der Waals surface area contributed by atoms with Crippen molar-refractivity contribution in [2.45, 2.75) is 18.4 Å². The van der Waals surface area contributed by atoms with Gasteiger partial charge in [0, 0.05) is 45.0 Å². The Kier molecular flexibility index (Phi) is 5.29. The van der Waals surface area contributed by atoms with E-state index < -0.39 is 11.6 Å². The Morgan fingerprint density at radius 2 is 2.15 bits per heavy atom. The van der Waals surface area contributed by atoms with E-state index in [1.807, 2.05) is 22.7 Å². The molecule has 0 radical (unpaired) electrons. The fourth-order valence-corrected chi connectivity index (χ4v) is 3.73. The number of nitrogens with zero attached hydrogens (tertiary/aromatic N) is 3. The summed E-state index contributed by atoms with van der Waals surface area (Å²) in [5.74, 6) is -1.37. The number of aryl methyl sites for hydroxylation is 1. The summed E-state index contributed by atoms with van der Waals surface area (Å²) in [6.07, 6.45) is 4.14. The molecule has 2 aliphatic rings. The van der Waals surface area contributed by atoms with Crippen LogP contribution in [0.4, 0.5) is 8.78 Å². The van der Waals surface area contributed by atoms with Gasteiger partial charge >= 0.3 is 0 Å². The third-order valence-corrected chi connectivity index (χ3v) is 5.17. The zero-order valence-electron chi connectivity index (χ0n) is 14.4. The second-order valence-electron chi connectivity index (χ2n) is 6.74. The van der Waals surface area contributed by atoms with Crippen molar-refractivity contribution in [2.75, 3.05) is 19.6 Å². The molecule has 2 aromatic rings. The van der Waals surface area contributed by atoms with Crippen LogP contribution in [0.3, 0.4) is 0 Å². The van der Waals surface area contributed by atoms with E-state index in [0.717, 1.165) is 18.4 Å². The molecule has 26 heavy (non-hydrogen) atoms. The Labute approximate surface area is 156 Å². The standard InChI is InChI=1S/C18H20F2N4O.ClH/c1-23-7-6-22-17(23)15-10-21-5-8-24(15)18(25)13-9-12(13)11-3-2-4-14(19)16(11)20;/h2-4,6-7,12-13,15,21H,5,8-10H2,1H3;1H. The summed E-state index contributed by atoms with van der Waals surface area (Å²) >= 11 is 0. The molecule has 3 atom stereocenters. The molecule has 140 valence electrons. The minimum atomic E-state index is -0.858. The van der Waals surface area contributed by atoms with Gasteiger partial charge in [-0.25, -0.2) is 13.8 Å². The number of nitrogens with one attached hydrogen (secondary N) is 1. The summed E-state index contributed by atoms with van der Waals surface area (Å²) in [6.45, 7) is 1.95. The molecule has 3 unspecified atom stereocenters. The van der Waals surface area contributed by atoms with E-state index >= 15 is 0 Å². The molecule has 1 aromatic carbocycles. The Morgan fingerprint density at radius 3 is 2.88 bits per heavy atom. The van der Waals surface area contributed by atoms with Crippen LogP contribution in [0.2, 0.25) is 0 Å². The lowest BCUT2D eigenvalue weighted by Crippen LogP contribution is -2.50. The van der Waals surface area contributed by atoms with Crippen LogP contribution in [0.1, 0.15) is 29.8 Å². The molecule has 1 aromatic heterocycles. The lowest BCUT2D eigenvalue weighted by Gasteiger charge is -2.36. The van der Waals surface area contributed by atoms with Gasteiger partial charge < -0.3 is 14.8 Å². The fraction of sp³-hybridized carbons (Fsp3) is 0.444. The van der Waals surface area contributed by atoms with Crippen LogP contribution < -0.4 is 5.32 Å². The smallest absolute Gasteiger partial charge is 0.227 e. The Bertz CT molecular complexity index is 812. The predicted octanol–water partition coefficient (Wildman–Crippen LogP) is 2.40. The van der Waals surface area contributed by atoms with Crippen LogP contribution in [0.25, 0.3) is 0 Å². The second-order valence-corrected chi connectivity index (χ2v) is 6.74. The third-order valence-electron chi connectivity index (χ3n) is 5.17. The van der Waals surface area contributed by atoms with E-state index in [2.05, 4.69) is 10.3 Å². The van der Waals surface area contributed by atoms with Crippen molar-refractivity contribution in [3.63, 3.8) is 0 Å². The fourth-order valence-electron chi connectivity index (χ4n) is 3.73. The molecule has 0 spiro atoms. The molecule has 1 aliphatic heterocycles. The highest BCUT2D eigenvalue weighted by Gasteiger charge is 2.49.